The van der Waals surface area contributed by atoms with Crippen LogP contribution in [0.1, 0.15) is 11.6 Å². The lowest BCUT2D eigenvalue weighted by molar-refractivity contribution is -0.118. The number of hydrogen-bond acceptors (Lipinski definition) is 5. The van der Waals surface area contributed by atoms with Gasteiger partial charge in [-0.05, 0) is 17.7 Å². The van der Waals surface area contributed by atoms with Gasteiger partial charge in [0.1, 0.15) is 12.6 Å². The van der Waals surface area contributed by atoms with E-state index in [-0.39, 0.29) is 17.1 Å². The number of nitrogens with one attached hydrogen (secondary N) is 1. The summed E-state index contributed by atoms with van der Waals surface area (Å²) < 4.78 is 33.3. The second-order valence-electron chi connectivity index (χ2n) is 5.04. The van der Waals surface area contributed by atoms with Crippen molar-refractivity contribution in [2.45, 2.75) is 12.0 Å². The molecule has 0 spiro atoms. The zero-order valence-electron chi connectivity index (χ0n) is 11.9. The topological polar surface area (TPSA) is 65.0 Å². The zero-order chi connectivity index (χ0) is 15.5. The van der Waals surface area contributed by atoms with Gasteiger partial charge in [-0.3, -0.25) is 4.90 Å². The van der Waals surface area contributed by atoms with Crippen molar-refractivity contribution in [2.75, 3.05) is 39.9 Å². The van der Waals surface area contributed by atoms with Crippen LogP contribution in [0.5, 0.6) is 11.5 Å². The lowest BCUT2D eigenvalue weighted by atomic mass is 9.97. The van der Waals surface area contributed by atoms with Crippen LogP contribution in [0, 0.1) is 0 Å². The van der Waals surface area contributed by atoms with Gasteiger partial charge in [-0.1, -0.05) is 6.07 Å². The SMILES string of the molecule is COc1ccc([C@@H](N2CCNCC2)C(F)(F)CO)cc1O. The summed E-state index contributed by atoms with van der Waals surface area (Å²) in [7, 11) is 1.39. The Kier molecular flexibility index (Phi) is 4.97. The number of piperazine rings is 1. The number of nitrogens with zero attached hydrogens (tertiary/aromatic N) is 1. The highest BCUT2D eigenvalue weighted by atomic mass is 19.3. The van der Waals surface area contributed by atoms with Crippen molar-refractivity contribution in [2.24, 2.45) is 0 Å². The van der Waals surface area contributed by atoms with Gasteiger partial charge in [-0.2, -0.15) is 0 Å². The Morgan fingerprint density at radius 3 is 2.57 bits per heavy atom. The number of rotatable bonds is 5. The number of phenols is 1. The number of hydrogen-bond donors (Lipinski definition) is 3. The first-order valence-electron chi connectivity index (χ1n) is 6.80. The molecule has 1 aliphatic heterocycles. The highest BCUT2D eigenvalue weighted by Gasteiger charge is 2.44. The van der Waals surface area contributed by atoms with Gasteiger partial charge < -0.3 is 20.3 Å². The smallest absolute Gasteiger partial charge is 0.289 e. The Balaban J connectivity index is 2.36. The Bertz CT molecular complexity index is 479. The van der Waals surface area contributed by atoms with Gasteiger partial charge >= 0.3 is 0 Å². The minimum Gasteiger partial charge on any atom is -0.504 e. The molecule has 1 aromatic rings. The summed E-state index contributed by atoms with van der Waals surface area (Å²) in [4.78, 5) is 1.62. The van der Waals surface area contributed by atoms with Crippen molar-refractivity contribution >= 4 is 0 Å². The number of methoxy groups -OCH3 is 1. The second-order valence-corrected chi connectivity index (χ2v) is 5.04. The average Bonchev–Trinajstić information content (AvgIpc) is 2.48. The second kappa shape index (κ2) is 6.55. The monoisotopic (exact) mass is 302 g/mol. The van der Waals surface area contributed by atoms with Crippen LogP contribution < -0.4 is 10.1 Å². The molecule has 7 heteroatoms. The molecule has 0 amide bonds. The minimum absolute atomic E-state index is 0.191. The molecule has 0 radical (unpaired) electrons. The third-order valence-electron chi connectivity index (χ3n) is 3.65. The normalized spacial score (nSPS) is 18.5. The van der Waals surface area contributed by atoms with Crippen molar-refractivity contribution in [3.63, 3.8) is 0 Å². The first kappa shape index (κ1) is 15.9. The molecule has 5 nitrogen and oxygen atoms in total. The summed E-state index contributed by atoms with van der Waals surface area (Å²) >= 11 is 0. The number of ether oxygens (including phenoxy) is 1. The number of alkyl halides is 2. The molecular formula is C14H20F2N2O3. The maximum atomic E-state index is 14.2. The molecule has 0 aromatic heterocycles. The Labute approximate surface area is 122 Å². The van der Waals surface area contributed by atoms with E-state index in [4.69, 9.17) is 9.84 Å². The largest absolute Gasteiger partial charge is 0.504 e. The fourth-order valence-corrected chi connectivity index (χ4v) is 2.63. The maximum Gasteiger partial charge on any atom is 0.289 e. The van der Waals surface area contributed by atoms with Crippen LogP contribution in [0.4, 0.5) is 8.78 Å². The molecule has 118 valence electrons. The first-order chi connectivity index (χ1) is 9.99. The van der Waals surface area contributed by atoms with E-state index in [0.717, 1.165) is 0 Å². The molecule has 2 rings (SSSR count). The molecule has 1 aromatic carbocycles. The average molecular weight is 302 g/mol. The molecule has 0 bridgehead atoms. The van der Waals surface area contributed by atoms with E-state index >= 15 is 0 Å². The van der Waals surface area contributed by atoms with Crippen molar-refractivity contribution < 1.29 is 23.7 Å². The summed E-state index contributed by atoms with van der Waals surface area (Å²) in [5, 5.41) is 22.0. The molecule has 1 aliphatic rings. The van der Waals surface area contributed by atoms with Crippen molar-refractivity contribution in [1.29, 1.82) is 0 Å². The molecule has 3 N–H and O–H groups in total. The fraction of sp³-hybridized carbons (Fsp3) is 0.571. The zero-order valence-corrected chi connectivity index (χ0v) is 11.9. The minimum atomic E-state index is -3.29. The summed E-state index contributed by atoms with van der Waals surface area (Å²) in [6, 6.07) is 2.94. The summed E-state index contributed by atoms with van der Waals surface area (Å²) in [6.45, 7) is 0.884. The number of halogens is 2. The van der Waals surface area contributed by atoms with Crippen LogP contribution in [0.3, 0.4) is 0 Å². The van der Waals surface area contributed by atoms with E-state index in [9.17, 15) is 13.9 Å². The third-order valence-corrected chi connectivity index (χ3v) is 3.65. The lowest BCUT2D eigenvalue weighted by Crippen LogP contribution is -2.51. The van der Waals surface area contributed by atoms with Crippen LogP contribution in [0.2, 0.25) is 0 Å². The number of aliphatic hydroxyl groups excluding tert-OH is 1. The number of aromatic hydroxyl groups is 1. The van der Waals surface area contributed by atoms with E-state index in [2.05, 4.69) is 5.32 Å². The summed E-state index contributed by atoms with van der Waals surface area (Å²) in [5.41, 5.74) is 0.259. The quantitative estimate of drug-likeness (QED) is 0.756. The van der Waals surface area contributed by atoms with Gasteiger partial charge in [0, 0.05) is 26.2 Å². The van der Waals surface area contributed by atoms with Crippen LogP contribution >= 0.6 is 0 Å². The highest BCUT2D eigenvalue weighted by Crippen LogP contribution is 2.39. The van der Waals surface area contributed by atoms with E-state index in [1.807, 2.05) is 0 Å². The predicted molar refractivity (Wildman–Crippen MR) is 73.9 cm³/mol. The number of aliphatic hydroxyl groups is 1. The molecule has 1 heterocycles. The Morgan fingerprint density at radius 1 is 1.38 bits per heavy atom. The van der Waals surface area contributed by atoms with Gasteiger partial charge in [0.25, 0.3) is 5.92 Å². The number of phenolic OH excluding ortho intramolecular Hbond substituents is 1. The molecule has 21 heavy (non-hydrogen) atoms. The van der Waals surface area contributed by atoms with Crippen molar-refractivity contribution in [1.82, 2.24) is 10.2 Å². The molecule has 0 aliphatic carbocycles. The summed E-state index contributed by atoms with van der Waals surface area (Å²) in [6.07, 6.45) is 0. The maximum absolute atomic E-state index is 14.2. The third kappa shape index (κ3) is 3.42. The lowest BCUT2D eigenvalue weighted by Gasteiger charge is -2.38. The predicted octanol–water partition coefficient (Wildman–Crippen LogP) is 0.975. The molecule has 0 saturated carbocycles. The highest BCUT2D eigenvalue weighted by molar-refractivity contribution is 5.43. The van der Waals surface area contributed by atoms with Gasteiger partial charge in [-0.25, -0.2) is 8.78 Å². The van der Waals surface area contributed by atoms with Crippen molar-refractivity contribution in [3.05, 3.63) is 23.8 Å². The Morgan fingerprint density at radius 2 is 2.05 bits per heavy atom. The van der Waals surface area contributed by atoms with Gasteiger partial charge in [0.2, 0.25) is 0 Å². The standard InChI is InChI=1S/C14H20F2N2O3/c1-21-12-3-2-10(8-11(12)20)13(14(15,16)9-19)18-6-4-17-5-7-18/h2-3,8,13,17,19-20H,4-7,9H2,1H3/t13-/m1/s1. The van der Waals surface area contributed by atoms with Gasteiger partial charge in [0.15, 0.2) is 11.5 Å². The number of benzene rings is 1. The molecule has 1 atom stereocenters. The Hall–Kier alpha value is -1.44. The molecule has 1 saturated heterocycles. The van der Waals surface area contributed by atoms with Crippen LogP contribution in [-0.4, -0.2) is 60.9 Å². The van der Waals surface area contributed by atoms with E-state index in [0.29, 0.717) is 26.2 Å². The van der Waals surface area contributed by atoms with Crippen LogP contribution in [-0.2, 0) is 0 Å². The molecule has 0 unspecified atom stereocenters. The van der Waals surface area contributed by atoms with Gasteiger partial charge in [-0.15, -0.1) is 0 Å². The molecule has 1 fully saturated rings. The first-order valence-corrected chi connectivity index (χ1v) is 6.80. The van der Waals surface area contributed by atoms with E-state index in [1.165, 1.54) is 25.3 Å². The van der Waals surface area contributed by atoms with E-state index in [1.54, 1.807) is 4.90 Å². The molecular weight excluding hydrogens is 282 g/mol. The summed E-state index contributed by atoms with van der Waals surface area (Å²) in [5.74, 6) is -3.26. The fourth-order valence-electron chi connectivity index (χ4n) is 2.63. The van der Waals surface area contributed by atoms with E-state index < -0.39 is 18.6 Å². The van der Waals surface area contributed by atoms with Crippen LogP contribution in [0.15, 0.2) is 18.2 Å². The van der Waals surface area contributed by atoms with Gasteiger partial charge in [0.05, 0.1) is 7.11 Å². The van der Waals surface area contributed by atoms with Crippen molar-refractivity contribution in [3.8, 4) is 11.5 Å². The van der Waals surface area contributed by atoms with Crippen LogP contribution in [0.25, 0.3) is 0 Å².